The van der Waals surface area contributed by atoms with Crippen molar-refractivity contribution < 1.29 is 19.1 Å². The smallest absolute Gasteiger partial charge is 0.410 e. The standard InChI is InChI=1S/C26H41NO4/c28-22-14-6-3-1-2-5-12-21-13-11-16-23(20-21)31-26(30)27-19-10-9-17-24(27)25(29)18-8-4-7-15-22/h3,6,21,23-24H,1-2,4-5,7-20H2. The van der Waals surface area contributed by atoms with Crippen LogP contribution in [0.15, 0.2) is 12.2 Å². The quantitative estimate of drug-likeness (QED) is 0.432. The Hall–Kier alpha value is -1.65. The summed E-state index contributed by atoms with van der Waals surface area (Å²) in [4.78, 5) is 39.6. The van der Waals surface area contributed by atoms with Gasteiger partial charge in [-0.05, 0) is 70.1 Å². The van der Waals surface area contributed by atoms with Gasteiger partial charge in [-0.25, -0.2) is 4.79 Å². The van der Waals surface area contributed by atoms with Gasteiger partial charge in [0.2, 0.25) is 0 Å². The van der Waals surface area contributed by atoms with Crippen LogP contribution in [0.5, 0.6) is 0 Å². The van der Waals surface area contributed by atoms with E-state index < -0.39 is 0 Å². The lowest BCUT2D eigenvalue weighted by Gasteiger charge is -2.36. The summed E-state index contributed by atoms with van der Waals surface area (Å²) >= 11 is 0. The molecule has 2 aliphatic heterocycles. The van der Waals surface area contributed by atoms with E-state index in [-0.39, 0.29) is 24.0 Å². The maximum atomic E-state index is 13.0. The zero-order valence-electron chi connectivity index (χ0n) is 19.2. The van der Waals surface area contributed by atoms with E-state index >= 15 is 0 Å². The number of piperidine rings is 1. The van der Waals surface area contributed by atoms with Crippen molar-refractivity contribution >= 4 is 17.7 Å². The summed E-state index contributed by atoms with van der Waals surface area (Å²) in [5.41, 5.74) is 0. The van der Waals surface area contributed by atoms with Crippen molar-refractivity contribution in [2.45, 2.75) is 121 Å². The van der Waals surface area contributed by atoms with E-state index in [1.54, 1.807) is 4.90 Å². The molecule has 0 N–H and O–H groups in total. The van der Waals surface area contributed by atoms with Gasteiger partial charge < -0.3 is 4.74 Å². The van der Waals surface area contributed by atoms with E-state index in [0.717, 1.165) is 70.6 Å². The number of hydrogen-bond acceptors (Lipinski definition) is 4. The predicted octanol–water partition coefficient (Wildman–Crippen LogP) is 6.15. The summed E-state index contributed by atoms with van der Waals surface area (Å²) < 4.78 is 5.94. The number of nitrogens with zero attached hydrogens (tertiary/aromatic N) is 1. The number of ether oxygens (including phenoxy) is 1. The van der Waals surface area contributed by atoms with Crippen molar-refractivity contribution in [3.63, 3.8) is 0 Å². The van der Waals surface area contributed by atoms with Crippen molar-refractivity contribution in [2.24, 2.45) is 5.92 Å². The number of carbonyl (C=O) groups is 3. The summed E-state index contributed by atoms with van der Waals surface area (Å²) in [6.07, 6.45) is 19.6. The predicted molar refractivity (Wildman–Crippen MR) is 122 cm³/mol. The molecule has 174 valence electrons. The van der Waals surface area contributed by atoms with Gasteiger partial charge in [-0.15, -0.1) is 0 Å². The highest BCUT2D eigenvalue weighted by Gasteiger charge is 2.34. The number of hydrogen-bond donors (Lipinski definition) is 0. The van der Waals surface area contributed by atoms with E-state index in [9.17, 15) is 14.4 Å². The highest BCUT2D eigenvalue weighted by atomic mass is 16.6. The summed E-state index contributed by atoms with van der Waals surface area (Å²) in [5, 5.41) is 0. The second kappa shape index (κ2) is 13.0. The minimum absolute atomic E-state index is 0.00365. The first-order chi connectivity index (χ1) is 15.1. The molecule has 0 radical (unpaired) electrons. The van der Waals surface area contributed by atoms with E-state index in [4.69, 9.17) is 4.74 Å². The van der Waals surface area contributed by atoms with E-state index in [1.165, 1.54) is 19.3 Å². The molecule has 2 bridgehead atoms. The van der Waals surface area contributed by atoms with Gasteiger partial charge in [0, 0.05) is 25.8 Å². The van der Waals surface area contributed by atoms with Crippen LogP contribution < -0.4 is 0 Å². The normalized spacial score (nSPS) is 30.8. The Morgan fingerprint density at radius 2 is 1.58 bits per heavy atom. The Kier molecular flexibility index (Phi) is 10.1. The average molecular weight is 432 g/mol. The number of amides is 1. The molecule has 5 nitrogen and oxygen atoms in total. The SMILES string of the molecule is O=C1CC=CCCCCC2CCCC(C2)OC(=O)N2CCCCC2C(=O)CCCCC1. The third-order valence-electron chi connectivity index (χ3n) is 7.24. The minimum atomic E-state index is -0.318. The summed E-state index contributed by atoms with van der Waals surface area (Å²) in [6.45, 7) is 0.632. The van der Waals surface area contributed by atoms with Crippen LogP contribution in [-0.2, 0) is 14.3 Å². The first-order valence-electron chi connectivity index (χ1n) is 12.8. The van der Waals surface area contributed by atoms with E-state index in [0.29, 0.717) is 37.5 Å². The van der Waals surface area contributed by atoms with Crippen molar-refractivity contribution in [3.8, 4) is 0 Å². The lowest BCUT2D eigenvalue weighted by Crippen LogP contribution is -2.49. The maximum absolute atomic E-state index is 13.0. The third kappa shape index (κ3) is 8.08. The molecule has 3 aliphatic rings. The Morgan fingerprint density at radius 3 is 2.48 bits per heavy atom. The Bertz CT molecular complexity index is 629. The number of fused-ring (bicyclic) bond motifs is 3. The van der Waals surface area contributed by atoms with Gasteiger partial charge in [-0.3, -0.25) is 14.5 Å². The largest absolute Gasteiger partial charge is 0.446 e. The van der Waals surface area contributed by atoms with Gasteiger partial charge >= 0.3 is 6.09 Å². The molecule has 3 unspecified atom stereocenters. The van der Waals surface area contributed by atoms with Crippen LogP contribution in [0.3, 0.4) is 0 Å². The molecule has 3 rings (SSSR count). The molecule has 3 atom stereocenters. The number of Topliss-reactive ketones (excluding diaryl/α,β-unsaturated/α-hetero) is 2. The lowest BCUT2D eigenvalue weighted by atomic mass is 9.84. The first-order valence-corrected chi connectivity index (χ1v) is 12.8. The highest BCUT2D eigenvalue weighted by Crippen LogP contribution is 2.31. The van der Waals surface area contributed by atoms with Gasteiger partial charge in [-0.1, -0.05) is 37.8 Å². The van der Waals surface area contributed by atoms with Gasteiger partial charge in [0.25, 0.3) is 0 Å². The Balaban J connectivity index is 1.60. The van der Waals surface area contributed by atoms with Gasteiger partial charge in [0.1, 0.15) is 11.9 Å². The number of ketones is 2. The van der Waals surface area contributed by atoms with Crippen LogP contribution in [-0.4, -0.2) is 41.3 Å². The third-order valence-corrected chi connectivity index (χ3v) is 7.24. The van der Waals surface area contributed by atoms with Crippen molar-refractivity contribution in [1.29, 1.82) is 0 Å². The van der Waals surface area contributed by atoms with Crippen LogP contribution in [0.1, 0.15) is 109 Å². The van der Waals surface area contributed by atoms with Gasteiger partial charge in [-0.2, -0.15) is 0 Å². The van der Waals surface area contributed by atoms with E-state index in [1.807, 2.05) is 6.08 Å². The maximum Gasteiger partial charge on any atom is 0.410 e. The average Bonchev–Trinajstić information content (AvgIpc) is 2.77. The van der Waals surface area contributed by atoms with E-state index in [2.05, 4.69) is 6.08 Å². The fourth-order valence-corrected chi connectivity index (χ4v) is 5.40. The second-order valence-electron chi connectivity index (χ2n) is 9.77. The monoisotopic (exact) mass is 431 g/mol. The molecule has 1 saturated carbocycles. The molecular weight excluding hydrogens is 390 g/mol. The molecule has 0 aromatic heterocycles. The van der Waals surface area contributed by atoms with Crippen LogP contribution in [0.4, 0.5) is 4.79 Å². The Labute approximate surface area is 188 Å². The number of allylic oxidation sites excluding steroid dienone is 2. The highest BCUT2D eigenvalue weighted by molar-refractivity contribution is 5.87. The zero-order chi connectivity index (χ0) is 21.9. The molecular formula is C26H41NO4. The lowest BCUT2D eigenvalue weighted by molar-refractivity contribution is -0.125. The van der Waals surface area contributed by atoms with Gasteiger partial charge in [0.15, 0.2) is 5.78 Å². The first kappa shape index (κ1) is 24.0. The van der Waals surface area contributed by atoms with Crippen molar-refractivity contribution in [2.75, 3.05) is 6.54 Å². The van der Waals surface area contributed by atoms with Crippen LogP contribution >= 0.6 is 0 Å². The summed E-state index contributed by atoms with van der Waals surface area (Å²) in [6, 6.07) is -0.318. The minimum Gasteiger partial charge on any atom is -0.446 e. The fourth-order valence-electron chi connectivity index (χ4n) is 5.40. The van der Waals surface area contributed by atoms with Crippen molar-refractivity contribution in [3.05, 3.63) is 12.2 Å². The van der Waals surface area contributed by atoms with Crippen LogP contribution in [0, 0.1) is 5.92 Å². The van der Waals surface area contributed by atoms with Crippen molar-refractivity contribution in [1.82, 2.24) is 4.90 Å². The molecule has 1 amide bonds. The second-order valence-corrected chi connectivity index (χ2v) is 9.77. The molecule has 31 heavy (non-hydrogen) atoms. The molecule has 0 aromatic rings. The molecule has 0 aromatic carbocycles. The summed E-state index contributed by atoms with van der Waals surface area (Å²) in [7, 11) is 0. The van der Waals surface area contributed by atoms with Crippen LogP contribution in [0.25, 0.3) is 0 Å². The molecule has 2 fully saturated rings. The molecule has 0 spiro atoms. The number of rotatable bonds is 0. The molecule has 2 heterocycles. The molecule has 1 saturated heterocycles. The summed E-state index contributed by atoms with van der Waals surface area (Å²) in [5.74, 6) is 1.09. The van der Waals surface area contributed by atoms with Crippen LogP contribution in [0.2, 0.25) is 0 Å². The molecule has 1 aliphatic carbocycles. The topological polar surface area (TPSA) is 63.7 Å². The number of carbonyl (C=O) groups excluding carboxylic acids is 3. The van der Waals surface area contributed by atoms with Gasteiger partial charge in [0.05, 0.1) is 6.04 Å². The Morgan fingerprint density at radius 1 is 0.774 bits per heavy atom. The zero-order valence-corrected chi connectivity index (χ0v) is 19.2. The fraction of sp³-hybridized carbons (Fsp3) is 0.808. The molecule has 5 heteroatoms.